The van der Waals surface area contributed by atoms with Crippen molar-refractivity contribution in [2.75, 3.05) is 0 Å². The van der Waals surface area contributed by atoms with Crippen LogP contribution in [-0.4, -0.2) is 4.57 Å². The van der Waals surface area contributed by atoms with E-state index in [2.05, 4.69) is 144 Å². The van der Waals surface area contributed by atoms with Crippen LogP contribution < -0.4 is 10.6 Å². The molecule has 38 heavy (non-hydrogen) atoms. The van der Waals surface area contributed by atoms with Gasteiger partial charge in [-0.1, -0.05) is 111 Å². The Labute approximate surface area is 222 Å². The van der Waals surface area contributed by atoms with Gasteiger partial charge in [0.2, 0.25) is 0 Å². The van der Waals surface area contributed by atoms with Gasteiger partial charge in [-0.15, -0.1) is 0 Å². The molecule has 184 valence electrons. The second kappa shape index (κ2) is 7.83. The third kappa shape index (κ3) is 2.94. The average Bonchev–Trinajstić information content (AvgIpc) is 3.40. The second-order valence-electron chi connectivity index (χ2n) is 11.1. The minimum Gasteiger partial charge on any atom is -0.368 e. The van der Waals surface area contributed by atoms with E-state index in [0.717, 1.165) is 0 Å². The predicted molar refractivity (Wildman–Crippen MR) is 158 cm³/mol. The largest absolute Gasteiger partial charge is 0.368 e. The lowest BCUT2D eigenvalue weighted by atomic mass is 9.84. The highest BCUT2D eigenvalue weighted by atomic mass is 15.3. The summed E-state index contributed by atoms with van der Waals surface area (Å²) in [4.78, 5) is 0. The van der Waals surface area contributed by atoms with Gasteiger partial charge in [-0.05, 0) is 45.7 Å². The summed E-state index contributed by atoms with van der Waals surface area (Å²) in [5, 5.41) is 13.1. The quantitative estimate of drug-likeness (QED) is 0.257. The zero-order valence-electron chi connectivity index (χ0n) is 21.6. The Morgan fingerprint density at radius 2 is 1.34 bits per heavy atom. The van der Waals surface area contributed by atoms with Gasteiger partial charge >= 0.3 is 0 Å². The summed E-state index contributed by atoms with van der Waals surface area (Å²) in [5.41, 5.74) is 8.98. The summed E-state index contributed by atoms with van der Waals surface area (Å²) in [7, 11) is 0. The van der Waals surface area contributed by atoms with Crippen LogP contribution in [0.2, 0.25) is 0 Å². The fourth-order valence-electron chi connectivity index (χ4n) is 6.83. The van der Waals surface area contributed by atoms with Crippen LogP contribution in [0.25, 0.3) is 38.2 Å². The maximum atomic E-state index is 4.05. The lowest BCUT2D eigenvalue weighted by Gasteiger charge is -2.39. The number of hydrogen-bond donors (Lipinski definition) is 2. The van der Waals surface area contributed by atoms with E-state index in [1.54, 1.807) is 0 Å². The van der Waals surface area contributed by atoms with Crippen LogP contribution >= 0.6 is 0 Å². The third-order valence-electron chi connectivity index (χ3n) is 8.64. The van der Waals surface area contributed by atoms with E-state index in [4.69, 9.17) is 0 Å². The maximum Gasteiger partial charge on any atom is 0.115 e. The molecule has 2 heterocycles. The lowest BCUT2D eigenvalue weighted by molar-refractivity contribution is 0.356. The molecular formula is C35H29N3. The van der Waals surface area contributed by atoms with Crippen molar-refractivity contribution in [1.29, 1.82) is 0 Å². The van der Waals surface area contributed by atoms with Gasteiger partial charge in [-0.25, -0.2) is 0 Å². The molecule has 8 rings (SSSR count). The molecule has 0 bridgehead atoms. The highest BCUT2D eigenvalue weighted by Crippen LogP contribution is 2.52. The van der Waals surface area contributed by atoms with Gasteiger partial charge in [0.15, 0.2) is 0 Å². The summed E-state index contributed by atoms with van der Waals surface area (Å²) in [6.07, 6.45) is -0.0480. The molecule has 0 amide bonds. The molecule has 3 nitrogen and oxygen atoms in total. The molecule has 0 radical (unpaired) electrons. The molecule has 0 fully saturated rings. The van der Waals surface area contributed by atoms with E-state index in [0.29, 0.717) is 0 Å². The monoisotopic (exact) mass is 491 g/mol. The Hall–Kier alpha value is -4.34. The number of fused-ring (bicyclic) bond motifs is 6. The molecule has 3 heteroatoms. The van der Waals surface area contributed by atoms with E-state index in [1.165, 1.54) is 60.5 Å². The number of hydrogen-bond acceptors (Lipinski definition) is 2. The molecular weight excluding hydrogens is 462 g/mol. The molecule has 6 aromatic rings. The van der Waals surface area contributed by atoms with Crippen molar-refractivity contribution in [2.24, 2.45) is 0 Å². The molecule has 1 aliphatic heterocycles. The van der Waals surface area contributed by atoms with E-state index >= 15 is 0 Å². The fourth-order valence-corrected chi connectivity index (χ4v) is 6.83. The van der Waals surface area contributed by atoms with Gasteiger partial charge in [-0.3, -0.25) is 5.32 Å². The average molecular weight is 492 g/mol. The Bertz CT molecular complexity index is 1910. The van der Waals surface area contributed by atoms with E-state index in [1.807, 2.05) is 0 Å². The molecule has 0 saturated carbocycles. The van der Waals surface area contributed by atoms with Gasteiger partial charge in [0.25, 0.3) is 0 Å². The van der Waals surface area contributed by atoms with Crippen LogP contribution in [0.15, 0.2) is 121 Å². The Balaban J connectivity index is 1.46. The van der Waals surface area contributed by atoms with Crippen LogP contribution in [0.5, 0.6) is 0 Å². The first-order chi connectivity index (χ1) is 18.6. The molecule has 0 saturated heterocycles. The molecule has 1 aliphatic carbocycles. The lowest BCUT2D eigenvalue weighted by Crippen LogP contribution is -2.46. The predicted octanol–water partition coefficient (Wildman–Crippen LogP) is 8.04. The normalized spacial score (nSPS) is 20.1. The number of rotatable bonds is 2. The minimum atomic E-state index is -0.120. The van der Waals surface area contributed by atoms with Crippen LogP contribution in [0.1, 0.15) is 42.9 Å². The highest BCUT2D eigenvalue weighted by molar-refractivity contribution is 6.13. The fraction of sp³-hybridized carbons (Fsp3) is 0.143. The van der Waals surface area contributed by atoms with Gasteiger partial charge in [0.1, 0.15) is 12.3 Å². The molecule has 0 spiro atoms. The summed E-state index contributed by atoms with van der Waals surface area (Å²) >= 11 is 0. The van der Waals surface area contributed by atoms with Crippen molar-refractivity contribution in [1.82, 2.24) is 15.2 Å². The van der Waals surface area contributed by atoms with Crippen molar-refractivity contribution in [2.45, 2.75) is 31.6 Å². The molecule has 5 aromatic carbocycles. The summed E-state index contributed by atoms with van der Waals surface area (Å²) in [6, 6.07) is 42.0. The Morgan fingerprint density at radius 3 is 2.18 bits per heavy atom. The molecule has 2 N–H and O–H groups in total. The van der Waals surface area contributed by atoms with Crippen molar-refractivity contribution >= 4 is 38.2 Å². The summed E-state index contributed by atoms with van der Waals surface area (Å²) < 4.78 is 2.54. The number of nitrogens with one attached hydrogen (secondary N) is 2. The third-order valence-corrected chi connectivity index (χ3v) is 8.64. The number of allylic oxidation sites excluding steroid dienone is 1. The number of para-hydroxylation sites is 1. The Kier molecular flexibility index (Phi) is 4.48. The van der Waals surface area contributed by atoms with Crippen molar-refractivity contribution in [3.05, 3.63) is 138 Å². The Morgan fingerprint density at radius 1 is 0.658 bits per heavy atom. The van der Waals surface area contributed by atoms with Gasteiger partial charge < -0.3 is 9.88 Å². The minimum absolute atomic E-state index is 0.00907. The maximum absolute atomic E-state index is 4.05. The first kappa shape index (κ1) is 21.7. The van der Waals surface area contributed by atoms with E-state index in [-0.39, 0.29) is 17.7 Å². The van der Waals surface area contributed by atoms with Crippen molar-refractivity contribution in [3.8, 4) is 0 Å². The SMILES string of the molecule is CC1(C)C2=C(c3ccccc31)C(n1c3ccccc3c3cc4ccccc4cc31)NC(c1ccccc1)N2. The van der Waals surface area contributed by atoms with Crippen LogP contribution in [0.3, 0.4) is 0 Å². The zero-order chi connectivity index (χ0) is 25.4. The van der Waals surface area contributed by atoms with E-state index in [9.17, 15) is 0 Å². The van der Waals surface area contributed by atoms with Crippen molar-refractivity contribution < 1.29 is 0 Å². The highest BCUT2D eigenvalue weighted by Gasteiger charge is 2.45. The molecule has 2 aliphatic rings. The van der Waals surface area contributed by atoms with Crippen molar-refractivity contribution in [3.63, 3.8) is 0 Å². The van der Waals surface area contributed by atoms with Crippen LogP contribution in [-0.2, 0) is 5.41 Å². The van der Waals surface area contributed by atoms with Gasteiger partial charge in [0, 0.05) is 27.5 Å². The smallest absolute Gasteiger partial charge is 0.115 e. The van der Waals surface area contributed by atoms with Crippen LogP contribution in [0, 0.1) is 0 Å². The number of nitrogens with zero attached hydrogens (tertiary/aromatic N) is 1. The van der Waals surface area contributed by atoms with Crippen LogP contribution in [0.4, 0.5) is 0 Å². The standard InChI is InChI=1S/C35H29N3/c1-35(2)28-18-10-8-17-26(28)31-32(35)36-33(22-12-4-3-5-13-22)37-34(31)38-29-19-11-9-16-25(29)27-20-23-14-6-7-15-24(23)21-30(27)38/h3-21,33-34,36-37H,1-2H3. The zero-order valence-corrected chi connectivity index (χ0v) is 21.6. The summed E-state index contributed by atoms with van der Waals surface area (Å²) in [6.45, 7) is 4.70. The topological polar surface area (TPSA) is 29.0 Å². The second-order valence-corrected chi connectivity index (χ2v) is 11.1. The summed E-state index contributed by atoms with van der Waals surface area (Å²) in [5.74, 6) is 0. The molecule has 1 aromatic heterocycles. The molecule has 2 atom stereocenters. The van der Waals surface area contributed by atoms with Gasteiger partial charge in [-0.2, -0.15) is 0 Å². The number of benzene rings is 5. The van der Waals surface area contributed by atoms with Gasteiger partial charge in [0.05, 0.1) is 11.0 Å². The van der Waals surface area contributed by atoms with E-state index < -0.39 is 0 Å². The first-order valence-corrected chi connectivity index (χ1v) is 13.4. The number of aromatic nitrogens is 1. The molecule has 2 unspecified atom stereocenters. The first-order valence-electron chi connectivity index (χ1n) is 13.4.